The third-order valence-electron chi connectivity index (χ3n) is 4.96. The number of aromatic nitrogens is 1. The Hall–Kier alpha value is -2.38. The fraction of sp³-hybridized carbons (Fsp3) is 0.368. The Morgan fingerprint density at radius 3 is 2.96 bits per heavy atom. The van der Waals surface area contributed by atoms with Gasteiger partial charge in [-0.3, -0.25) is 4.79 Å². The normalized spacial score (nSPS) is 22.5. The zero-order valence-corrected chi connectivity index (χ0v) is 15.0. The summed E-state index contributed by atoms with van der Waals surface area (Å²) >= 11 is 1.66. The van der Waals surface area contributed by atoms with Gasteiger partial charge in [-0.1, -0.05) is 11.3 Å². The minimum atomic E-state index is 0.00205. The molecule has 1 aromatic carbocycles. The molecule has 1 saturated carbocycles. The fourth-order valence-electron chi connectivity index (χ4n) is 3.42. The van der Waals surface area contributed by atoms with Gasteiger partial charge in [0, 0.05) is 30.6 Å². The number of hydrogen-bond donors (Lipinski definition) is 1. The molecule has 26 heavy (non-hydrogen) atoms. The fourth-order valence-corrected chi connectivity index (χ4v) is 4.47. The first kappa shape index (κ1) is 15.8. The van der Waals surface area contributed by atoms with Gasteiger partial charge in [-0.05, 0) is 36.8 Å². The van der Waals surface area contributed by atoms with Crippen LogP contribution < -0.4 is 10.2 Å². The molecule has 2 aliphatic rings. The van der Waals surface area contributed by atoms with Crippen LogP contribution in [0.4, 0.5) is 10.8 Å². The molecule has 6 nitrogen and oxygen atoms in total. The molecule has 134 valence electrons. The lowest BCUT2D eigenvalue weighted by molar-refractivity contribution is -0.117. The number of hydrogen-bond acceptors (Lipinski definition) is 6. The molecule has 3 aromatic rings. The van der Waals surface area contributed by atoms with Gasteiger partial charge >= 0.3 is 0 Å². The molecule has 1 saturated heterocycles. The predicted octanol–water partition coefficient (Wildman–Crippen LogP) is 3.47. The maximum absolute atomic E-state index is 12.5. The van der Waals surface area contributed by atoms with Gasteiger partial charge in [0.05, 0.1) is 29.7 Å². The molecule has 0 spiro atoms. The van der Waals surface area contributed by atoms with Crippen molar-refractivity contribution in [1.29, 1.82) is 0 Å². The molecular formula is C19H19N3O3S. The molecule has 0 radical (unpaired) electrons. The number of benzene rings is 1. The highest BCUT2D eigenvalue weighted by molar-refractivity contribution is 7.22. The standard InChI is InChI=1S/C19H19N3O3S/c23-18(14-11-13(14)16-2-1-7-25-16)20-12-3-4-15-17(10-12)26-19(21-15)22-5-8-24-9-6-22/h1-4,7,10,13-14H,5-6,8-9,11H2,(H,20,23)/t13-,14-/m0/s1. The second kappa shape index (κ2) is 6.41. The number of anilines is 2. The highest BCUT2D eigenvalue weighted by atomic mass is 32.1. The number of fused-ring (bicyclic) bond motifs is 1. The van der Waals surface area contributed by atoms with E-state index in [0.29, 0.717) is 0 Å². The number of nitrogens with one attached hydrogen (secondary N) is 1. The molecule has 1 aliphatic carbocycles. The zero-order chi connectivity index (χ0) is 17.5. The van der Waals surface area contributed by atoms with Gasteiger partial charge in [0.2, 0.25) is 5.91 Å². The van der Waals surface area contributed by atoms with Gasteiger partial charge in [0.15, 0.2) is 5.13 Å². The van der Waals surface area contributed by atoms with E-state index in [0.717, 1.165) is 59.5 Å². The summed E-state index contributed by atoms with van der Waals surface area (Å²) in [6, 6.07) is 9.72. The third kappa shape index (κ3) is 2.97. The zero-order valence-electron chi connectivity index (χ0n) is 14.2. The van der Waals surface area contributed by atoms with E-state index < -0.39 is 0 Å². The SMILES string of the molecule is O=C(Nc1ccc2nc(N3CCOCC3)sc2c1)[C@H]1C[C@@H]1c1ccco1. The van der Waals surface area contributed by atoms with Crippen LogP contribution in [0.15, 0.2) is 41.0 Å². The number of ether oxygens (including phenoxy) is 1. The van der Waals surface area contributed by atoms with E-state index in [1.165, 1.54) is 0 Å². The number of rotatable bonds is 4. The minimum Gasteiger partial charge on any atom is -0.469 e. The van der Waals surface area contributed by atoms with Gasteiger partial charge in [-0.15, -0.1) is 0 Å². The van der Waals surface area contributed by atoms with Gasteiger partial charge in [-0.2, -0.15) is 0 Å². The quantitative estimate of drug-likeness (QED) is 0.763. The smallest absolute Gasteiger partial charge is 0.228 e. The van der Waals surface area contributed by atoms with E-state index in [2.05, 4.69) is 10.2 Å². The molecule has 0 unspecified atom stereocenters. The number of carbonyl (C=O) groups excluding carboxylic acids is 1. The van der Waals surface area contributed by atoms with Crippen molar-refractivity contribution >= 4 is 38.3 Å². The molecule has 1 N–H and O–H groups in total. The summed E-state index contributed by atoms with van der Waals surface area (Å²) in [7, 11) is 0. The minimum absolute atomic E-state index is 0.00205. The van der Waals surface area contributed by atoms with Gasteiger partial charge in [0.25, 0.3) is 0 Å². The van der Waals surface area contributed by atoms with Gasteiger partial charge < -0.3 is 19.4 Å². The van der Waals surface area contributed by atoms with E-state index >= 15 is 0 Å². The van der Waals surface area contributed by atoms with Crippen LogP contribution in [-0.2, 0) is 9.53 Å². The van der Waals surface area contributed by atoms with Crippen molar-refractivity contribution in [3.63, 3.8) is 0 Å². The summed E-state index contributed by atoms with van der Waals surface area (Å²) in [6.45, 7) is 3.24. The van der Waals surface area contributed by atoms with E-state index in [-0.39, 0.29) is 17.7 Å². The van der Waals surface area contributed by atoms with E-state index in [4.69, 9.17) is 14.1 Å². The van der Waals surface area contributed by atoms with Crippen LogP contribution in [0.5, 0.6) is 0 Å². The highest BCUT2D eigenvalue weighted by Gasteiger charge is 2.45. The Morgan fingerprint density at radius 1 is 1.27 bits per heavy atom. The molecule has 1 aliphatic heterocycles. The highest BCUT2D eigenvalue weighted by Crippen LogP contribution is 2.48. The first-order chi connectivity index (χ1) is 12.8. The Labute approximate surface area is 154 Å². The molecule has 3 heterocycles. The summed E-state index contributed by atoms with van der Waals surface area (Å²) < 4.78 is 11.9. The number of morpholine rings is 1. The first-order valence-corrected chi connectivity index (χ1v) is 9.67. The van der Waals surface area contributed by atoms with Crippen LogP contribution in [0.3, 0.4) is 0 Å². The summed E-state index contributed by atoms with van der Waals surface area (Å²) in [6.07, 6.45) is 2.51. The lowest BCUT2D eigenvalue weighted by Crippen LogP contribution is -2.36. The van der Waals surface area contributed by atoms with Crippen molar-refractivity contribution in [3.05, 3.63) is 42.4 Å². The summed E-state index contributed by atoms with van der Waals surface area (Å²) in [4.78, 5) is 19.5. The molecule has 2 aromatic heterocycles. The molecule has 5 rings (SSSR count). The number of carbonyl (C=O) groups is 1. The van der Waals surface area contributed by atoms with Crippen LogP contribution in [0.25, 0.3) is 10.2 Å². The Kier molecular flexibility index (Phi) is 3.90. The van der Waals surface area contributed by atoms with E-state index in [1.54, 1.807) is 17.6 Å². The molecule has 1 amide bonds. The van der Waals surface area contributed by atoms with Crippen molar-refractivity contribution in [2.75, 3.05) is 36.5 Å². The van der Waals surface area contributed by atoms with Crippen LogP contribution >= 0.6 is 11.3 Å². The van der Waals surface area contributed by atoms with Crippen molar-refractivity contribution < 1.29 is 13.9 Å². The average Bonchev–Trinajstić information content (AvgIpc) is 3.09. The predicted molar refractivity (Wildman–Crippen MR) is 101 cm³/mol. The maximum atomic E-state index is 12.5. The number of nitrogens with zero attached hydrogens (tertiary/aromatic N) is 2. The topological polar surface area (TPSA) is 67.6 Å². The molecular weight excluding hydrogens is 350 g/mol. The number of furan rings is 1. The molecule has 2 atom stereocenters. The summed E-state index contributed by atoms with van der Waals surface area (Å²) in [5.41, 5.74) is 1.79. The Balaban J connectivity index is 1.29. The molecule has 0 bridgehead atoms. The van der Waals surface area contributed by atoms with Gasteiger partial charge in [0.1, 0.15) is 5.76 Å². The Bertz CT molecular complexity index is 931. The van der Waals surface area contributed by atoms with Crippen LogP contribution in [0, 0.1) is 5.92 Å². The first-order valence-electron chi connectivity index (χ1n) is 8.85. The number of amides is 1. The van der Waals surface area contributed by atoms with Crippen molar-refractivity contribution in [2.24, 2.45) is 5.92 Å². The summed E-state index contributed by atoms with van der Waals surface area (Å²) in [5, 5.41) is 4.06. The van der Waals surface area contributed by atoms with Crippen molar-refractivity contribution in [3.8, 4) is 0 Å². The maximum Gasteiger partial charge on any atom is 0.228 e. The lowest BCUT2D eigenvalue weighted by Gasteiger charge is -2.25. The Morgan fingerprint density at radius 2 is 2.15 bits per heavy atom. The lowest BCUT2D eigenvalue weighted by atomic mass is 10.2. The van der Waals surface area contributed by atoms with Crippen LogP contribution in [0.1, 0.15) is 18.1 Å². The van der Waals surface area contributed by atoms with Crippen LogP contribution in [0.2, 0.25) is 0 Å². The monoisotopic (exact) mass is 369 g/mol. The second-order valence-electron chi connectivity index (χ2n) is 6.73. The third-order valence-corrected chi connectivity index (χ3v) is 6.04. The average molecular weight is 369 g/mol. The second-order valence-corrected chi connectivity index (χ2v) is 7.74. The summed E-state index contributed by atoms with van der Waals surface area (Å²) in [5.74, 6) is 1.18. The van der Waals surface area contributed by atoms with Crippen molar-refractivity contribution in [2.45, 2.75) is 12.3 Å². The van der Waals surface area contributed by atoms with Crippen molar-refractivity contribution in [1.82, 2.24) is 4.98 Å². The molecule has 7 heteroatoms. The van der Waals surface area contributed by atoms with Gasteiger partial charge in [-0.25, -0.2) is 4.98 Å². The number of thiazole rings is 1. The largest absolute Gasteiger partial charge is 0.469 e. The molecule has 2 fully saturated rings. The van der Waals surface area contributed by atoms with E-state index in [1.807, 2.05) is 30.3 Å². The van der Waals surface area contributed by atoms with Crippen LogP contribution in [-0.4, -0.2) is 37.2 Å². The van der Waals surface area contributed by atoms with E-state index in [9.17, 15) is 4.79 Å².